The molecule has 0 aliphatic carbocycles. The molecule has 0 spiro atoms. The first kappa shape index (κ1) is 15.6. The number of aryl methyl sites for hydroxylation is 1. The molecule has 0 fully saturated rings. The Hall–Kier alpha value is -1.81. The molecule has 0 atom stereocenters. The van der Waals surface area contributed by atoms with Crippen molar-refractivity contribution in [3.05, 3.63) is 63.6 Å². The smallest absolute Gasteiger partial charge is 0.255 e. The first-order chi connectivity index (χ1) is 10.0. The number of halogens is 1. The molecule has 21 heavy (non-hydrogen) atoms. The van der Waals surface area contributed by atoms with Crippen molar-refractivity contribution < 1.29 is 9.53 Å². The summed E-state index contributed by atoms with van der Waals surface area (Å²) >= 11 is 3.44. The molecule has 4 heteroatoms. The summed E-state index contributed by atoms with van der Waals surface area (Å²) in [5.74, 6) is 0.775. The molecule has 1 amide bonds. The molecule has 2 aromatic rings. The van der Waals surface area contributed by atoms with E-state index in [1.165, 1.54) is 0 Å². The van der Waals surface area contributed by atoms with Crippen molar-refractivity contribution in [1.82, 2.24) is 4.90 Å². The molecule has 0 bridgehead atoms. The Labute approximate surface area is 133 Å². The van der Waals surface area contributed by atoms with Gasteiger partial charge in [0, 0.05) is 23.6 Å². The van der Waals surface area contributed by atoms with Gasteiger partial charge in [-0.1, -0.05) is 29.8 Å². The predicted molar refractivity (Wildman–Crippen MR) is 87.7 cm³/mol. The van der Waals surface area contributed by atoms with E-state index in [0.29, 0.717) is 12.1 Å². The molecule has 0 unspecified atom stereocenters. The van der Waals surface area contributed by atoms with E-state index in [9.17, 15) is 4.79 Å². The van der Waals surface area contributed by atoms with Crippen LogP contribution in [0.5, 0.6) is 5.75 Å². The number of benzene rings is 2. The van der Waals surface area contributed by atoms with Crippen LogP contribution in [0.25, 0.3) is 0 Å². The van der Waals surface area contributed by atoms with E-state index in [2.05, 4.69) is 15.9 Å². The SMILES string of the molecule is COc1ccccc1CN(C)C(=O)c1cc(C)ccc1Br. The van der Waals surface area contributed by atoms with Crippen LogP contribution in [-0.2, 0) is 6.54 Å². The van der Waals surface area contributed by atoms with Crippen LogP contribution >= 0.6 is 15.9 Å². The van der Waals surface area contributed by atoms with Crippen molar-refractivity contribution in [3.8, 4) is 5.75 Å². The number of ether oxygens (including phenoxy) is 1. The highest BCUT2D eigenvalue weighted by Crippen LogP contribution is 2.22. The molecular weight excluding hydrogens is 330 g/mol. The van der Waals surface area contributed by atoms with Gasteiger partial charge in [-0.2, -0.15) is 0 Å². The average Bonchev–Trinajstić information content (AvgIpc) is 2.49. The van der Waals surface area contributed by atoms with Gasteiger partial charge < -0.3 is 9.64 Å². The fraction of sp³-hybridized carbons (Fsp3) is 0.235. The predicted octanol–water partition coefficient (Wildman–Crippen LogP) is 4.04. The normalized spacial score (nSPS) is 10.3. The Bertz CT molecular complexity index is 655. The molecule has 0 saturated carbocycles. The van der Waals surface area contributed by atoms with Crippen molar-refractivity contribution in [2.45, 2.75) is 13.5 Å². The van der Waals surface area contributed by atoms with Gasteiger partial charge in [-0.15, -0.1) is 0 Å². The first-order valence-electron chi connectivity index (χ1n) is 6.66. The monoisotopic (exact) mass is 347 g/mol. The van der Waals surface area contributed by atoms with Gasteiger partial charge >= 0.3 is 0 Å². The zero-order valence-corrected chi connectivity index (χ0v) is 14.0. The molecular formula is C17H18BrNO2. The number of carbonyl (C=O) groups excluding carboxylic acids is 1. The molecule has 2 aromatic carbocycles. The van der Waals surface area contributed by atoms with Crippen LogP contribution < -0.4 is 4.74 Å². The minimum Gasteiger partial charge on any atom is -0.496 e. The molecule has 110 valence electrons. The summed E-state index contributed by atoms with van der Waals surface area (Å²) < 4.78 is 6.14. The average molecular weight is 348 g/mol. The number of methoxy groups -OCH3 is 1. The highest BCUT2D eigenvalue weighted by Gasteiger charge is 2.16. The molecule has 0 aliphatic heterocycles. The maximum Gasteiger partial charge on any atom is 0.255 e. The highest BCUT2D eigenvalue weighted by atomic mass is 79.9. The summed E-state index contributed by atoms with van der Waals surface area (Å²) in [4.78, 5) is 14.3. The van der Waals surface area contributed by atoms with Gasteiger partial charge in [0.2, 0.25) is 0 Å². The third-order valence-corrected chi connectivity index (χ3v) is 3.99. The highest BCUT2D eigenvalue weighted by molar-refractivity contribution is 9.10. The van der Waals surface area contributed by atoms with Gasteiger partial charge in [-0.25, -0.2) is 0 Å². The van der Waals surface area contributed by atoms with Gasteiger partial charge in [-0.05, 0) is 41.1 Å². The lowest BCUT2D eigenvalue weighted by molar-refractivity contribution is 0.0783. The van der Waals surface area contributed by atoms with Crippen molar-refractivity contribution in [3.63, 3.8) is 0 Å². The second kappa shape index (κ2) is 6.76. The molecule has 3 nitrogen and oxygen atoms in total. The van der Waals surface area contributed by atoms with E-state index in [1.54, 1.807) is 19.1 Å². The van der Waals surface area contributed by atoms with Crippen LogP contribution in [0.15, 0.2) is 46.9 Å². The van der Waals surface area contributed by atoms with Crippen LogP contribution in [-0.4, -0.2) is 25.0 Å². The quantitative estimate of drug-likeness (QED) is 0.835. The Kier molecular flexibility index (Phi) is 5.02. The van der Waals surface area contributed by atoms with Crippen LogP contribution in [0.2, 0.25) is 0 Å². The number of nitrogens with zero attached hydrogens (tertiary/aromatic N) is 1. The number of para-hydroxylation sites is 1. The van der Waals surface area contributed by atoms with Crippen LogP contribution in [0.1, 0.15) is 21.5 Å². The molecule has 2 rings (SSSR count). The van der Waals surface area contributed by atoms with E-state index >= 15 is 0 Å². The van der Waals surface area contributed by atoms with Gasteiger partial charge in [0.25, 0.3) is 5.91 Å². The van der Waals surface area contributed by atoms with E-state index in [-0.39, 0.29) is 5.91 Å². The molecule has 0 radical (unpaired) electrons. The van der Waals surface area contributed by atoms with Crippen LogP contribution in [0.3, 0.4) is 0 Å². The number of amides is 1. The summed E-state index contributed by atoms with van der Waals surface area (Å²) in [6.45, 7) is 2.48. The van der Waals surface area contributed by atoms with Gasteiger partial charge in [0.05, 0.1) is 12.7 Å². The lowest BCUT2D eigenvalue weighted by atomic mass is 10.1. The number of carbonyl (C=O) groups is 1. The van der Waals surface area contributed by atoms with Gasteiger partial charge in [0.15, 0.2) is 0 Å². The van der Waals surface area contributed by atoms with E-state index in [0.717, 1.165) is 21.3 Å². The molecule has 0 heterocycles. The number of hydrogen-bond donors (Lipinski definition) is 0. The van der Waals surface area contributed by atoms with Crippen molar-refractivity contribution in [2.75, 3.05) is 14.2 Å². The Morgan fingerprint density at radius 1 is 1.24 bits per heavy atom. The molecule has 0 N–H and O–H groups in total. The largest absolute Gasteiger partial charge is 0.496 e. The fourth-order valence-electron chi connectivity index (χ4n) is 2.17. The number of hydrogen-bond acceptors (Lipinski definition) is 2. The summed E-state index contributed by atoms with van der Waals surface area (Å²) in [6, 6.07) is 13.5. The molecule has 0 aromatic heterocycles. The lowest BCUT2D eigenvalue weighted by Crippen LogP contribution is -2.26. The maximum atomic E-state index is 12.6. The van der Waals surface area contributed by atoms with Crippen LogP contribution in [0, 0.1) is 6.92 Å². The van der Waals surface area contributed by atoms with Crippen molar-refractivity contribution in [1.29, 1.82) is 0 Å². The van der Waals surface area contributed by atoms with Gasteiger partial charge in [-0.3, -0.25) is 4.79 Å². The summed E-state index contributed by atoms with van der Waals surface area (Å²) in [5.41, 5.74) is 2.72. The zero-order chi connectivity index (χ0) is 15.4. The van der Waals surface area contributed by atoms with Crippen molar-refractivity contribution in [2.24, 2.45) is 0 Å². The van der Waals surface area contributed by atoms with Crippen molar-refractivity contribution >= 4 is 21.8 Å². The topological polar surface area (TPSA) is 29.5 Å². The second-order valence-corrected chi connectivity index (χ2v) is 5.81. The van der Waals surface area contributed by atoms with E-state index in [1.807, 2.05) is 49.4 Å². The Morgan fingerprint density at radius 2 is 1.95 bits per heavy atom. The fourth-order valence-corrected chi connectivity index (χ4v) is 2.59. The minimum atomic E-state index is -0.0171. The van der Waals surface area contributed by atoms with E-state index in [4.69, 9.17) is 4.74 Å². The third kappa shape index (κ3) is 3.64. The number of rotatable bonds is 4. The lowest BCUT2D eigenvalue weighted by Gasteiger charge is -2.19. The Morgan fingerprint density at radius 3 is 2.67 bits per heavy atom. The summed E-state index contributed by atoms with van der Waals surface area (Å²) in [7, 11) is 3.43. The first-order valence-corrected chi connectivity index (χ1v) is 7.45. The standard InChI is InChI=1S/C17H18BrNO2/c1-12-8-9-15(18)14(10-12)17(20)19(2)11-13-6-4-5-7-16(13)21-3/h4-10H,11H2,1-3H3. The van der Waals surface area contributed by atoms with Gasteiger partial charge in [0.1, 0.15) is 5.75 Å². The second-order valence-electron chi connectivity index (χ2n) is 4.96. The molecule has 0 saturated heterocycles. The minimum absolute atomic E-state index is 0.0171. The zero-order valence-electron chi connectivity index (χ0n) is 12.4. The molecule has 0 aliphatic rings. The summed E-state index contributed by atoms with van der Waals surface area (Å²) in [6.07, 6.45) is 0. The summed E-state index contributed by atoms with van der Waals surface area (Å²) in [5, 5.41) is 0. The third-order valence-electron chi connectivity index (χ3n) is 3.30. The van der Waals surface area contributed by atoms with Crippen LogP contribution in [0.4, 0.5) is 0 Å². The maximum absolute atomic E-state index is 12.6. The Balaban J connectivity index is 2.22. The van der Waals surface area contributed by atoms with E-state index < -0.39 is 0 Å².